The van der Waals surface area contributed by atoms with E-state index in [1.807, 2.05) is 31.2 Å². The molecule has 0 aliphatic heterocycles. The molecule has 0 fully saturated rings. The van der Waals surface area contributed by atoms with Crippen molar-refractivity contribution < 1.29 is 19.1 Å². The van der Waals surface area contributed by atoms with Crippen LogP contribution in [0.4, 0.5) is 0 Å². The van der Waals surface area contributed by atoms with Crippen LogP contribution in [-0.2, 0) is 10.4 Å². The number of furan rings is 1. The first kappa shape index (κ1) is 17.1. The summed E-state index contributed by atoms with van der Waals surface area (Å²) in [7, 11) is 0. The Balaban J connectivity index is 1.89. The SMILES string of the molecule is Cc1ccc(OC(C)C(=O)NCC(C)(O)c2ccc(C)o2)cc1. The molecule has 0 radical (unpaired) electrons. The predicted molar refractivity (Wildman–Crippen MR) is 87.3 cm³/mol. The van der Waals surface area contributed by atoms with Crippen LogP contribution in [0.1, 0.15) is 30.9 Å². The van der Waals surface area contributed by atoms with Crippen molar-refractivity contribution in [3.8, 4) is 5.75 Å². The number of carbonyl (C=O) groups is 1. The van der Waals surface area contributed by atoms with E-state index in [9.17, 15) is 9.90 Å². The lowest BCUT2D eigenvalue weighted by Crippen LogP contribution is -2.43. The Morgan fingerprint density at radius 1 is 1.26 bits per heavy atom. The summed E-state index contributed by atoms with van der Waals surface area (Å²) >= 11 is 0. The molecule has 1 amide bonds. The van der Waals surface area contributed by atoms with Crippen molar-refractivity contribution in [2.45, 2.75) is 39.4 Å². The minimum atomic E-state index is -1.27. The Labute approximate surface area is 136 Å². The minimum absolute atomic E-state index is 0.0420. The van der Waals surface area contributed by atoms with E-state index in [-0.39, 0.29) is 12.5 Å². The van der Waals surface area contributed by atoms with Crippen molar-refractivity contribution in [3.05, 3.63) is 53.5 Å². The lowest BCUT2D eigenvalue weighted by molar-refractivity contribution is -0.128. The average molecular weight is 317 g/mol. The van der Waals surface area contributed by atoms with Crippen LogP contribution in [0.2, 0.25) is 0 Å². The van der Waals surface area contributed by atoms with Gasteiger partial charge in [0.05, 0.1) is 6.54 Å². The number of ether oxygens (including phenoxy) is 1. The average Bonchev–Trinajstić information content (AvgIpc) is 2.94. The van der Waals surface area contributed by atoms with E-state index < -0.39 is 11.7 Å². The molecule has 1 heterocycles. The number of amides is 1. The molecule has 0 spiro atoms. The number of benzene rings is 1. The number of aryl methyl sites for hydroxylation is 2. The molecule has 2 rings (SSSR count). The summed E-state index contributed by atoms with van der Waals surface area (Å²) in [4.78, 5) is 12.1. The van der Waals surface area contributed by atoms with E-state index in [0.29, 0.717) is 17.3 Å². The summed E-state index contributed by atoms with van der Waals surface area (Å²) in [5, 5.41) is 13.1. The molecule has 0 saturated heterocycles. The lowest BCUT2D eigenvalue weighted by Gasteiger charge is -2.22. The van der Waals surface area contributed by atoms with Gasteiger partial charge < -0.3 is 19.6 Å². The van der Waals surface area contributed by atoms with Crippen molar-refractivity contribution in [2.75, 3.05) is 6.54 Å². The van der Waals surface area contributed by atoms with Crippen LogP contribution in [0.5, 0.6) is 5.75 Å². The number of rotatable bonds is 6. The summed E-state index contributed by atoms with van der Waals surface area (Å²) in [6, 6.07) is 11.0. The maximum Gasteiger partial charge on any atom is 0.260 e. The second kappa shape index (κ2) is 6.87. The highest BCUT2D eigenvalue weighted by Gasteiger charge is 2.28. The molecule has 23 heavy (non-hydrogen) atoms. The third kappa shape index (κ3) is 4.60. The first-order chi connectivity index (χ1) is 10.8. The van der Waals surface area contributed by atoms with Gasteiger partial charge in [0.1, 0.15) is 22.9 Å². The molecular formula is C18H23NO4. The first-order valence-corrected chi connectivity index (χ1v) is 7.58. The summed E-state index contributed by atoms with van der Waals surface area (Å²) in [6.07, 6.45) is -0.660. The maximum absolute atomic E-state index is 12.1. The molecule has 2 atom stereocenters. The molecule has 0 aliphatic carbocycles. The van der Waals surface area contributed by atoms with Crippen LogP contribution >= 0.6 is 0 Å². The number of hydrogen-bond acceptors (Lipinski definition) is 4. The normalized spacial score (nSPS) is 14.8. The number of nitrogens with one attached hydrogen (secondary N) is 1. The van der Waals surface area contributed by atoms with Gasteiger partial charge >= 0.3 is 0 Å². The van der Waals surface area contributed by atoms with Gasteiger partial charge in [-0.3, -0.25) is 4.79 Å². The van der Waals surface area contributed by atoms with Gasteiger partial charge in [-0.1, -0.05) is 17.7 Å². The molecule has 5 heteroatoms. The van der Waals surface area contributed by atoms with Gasteiger partial charge in [0.25, 0.3) is 5.91 Å². The highest BCUT2D eigenvalue weighted by molar-refractivity contribution is 5.80. The second-order valence-corrected chi connectivity index (χ2v) is 5.98. The monoisotopic (exact) mass is 317 g/mol. The summed E-state index contributed by atoms with van der Waals surface area (Å²) < 4.78 is 11.0. The van der Waals surface area contributed by atoms with Crippen LogP contribution in [0, 0.1) is 13.8 Å². The van der Waals surface area contributed by atoms with Crippen LogP contribution < -0.4 is 10.1 Å². The lowest BCUT2D eigenvalue weighted by atomic mass is 10.0. The smallest absolute Gasteiger partial charge is 0.260 e. The van der Waals surface area contributed by atoms with Gasteiger partial charge in [-0.25, -0.2) is 0 Å². The van der Waals surface area contributed by atoms with E-state index in [2.05, 4.69) is 5.32 Å². The number of aliphatic hydroxyl groups is 1. The van der Waals surface area contributed by atoms with Crippen LogP contribution in [0.3, 0.4) is 0 Å². The molecule has 0 saturated carbocycles. The van der Waals surface area contributed by atoms with Gasteiger partial charge in [-0.15, -0.1) is 0 Å². The van der Waals surface area contributed by atoms with E-state index in [0.717, 1.165) is 5.56 Å². The number of hydrogen-bond donors (Lipinski definition) is 2. The van der Waals surface area contributed by atoms with Gasteiger partial charge in [0.15, 0.2) is 6.10 Å². The zero-order valence-electron chi connectivity index (χ0n) is 13.9. The third-order valence-electron chi connectivity index (χ3n) is 3.58. The Morgan fingerprint density at radius 2 is 1.91 bits per heavy atom. The fraction of sp³-hybridized carbons (Fsp3) is 0.389. The van der Waals surface area contributed by atoms with Crippen LogP contribution in [0.25, 0.3) is 0 Å². The summed E-state index contributed by atoms with van der Waals surface area (Å²) in [6.45, 7) is 7.09. The summed E-state index contributed by atoms with van der Waals surface area (Å²) in [5.41, 5.74) is -0.146. The maximum atomic E-state index is 12.1. The second-order valence-electron chi connectivity index (χ2n) is 5.98. The van der Waals surface area contributed by atoms with Gasteiger partial charge in [-0.2, -0.15) is 0 Å². The molecule has 2 N–H and O–H groups in total. The van der Waals surface area contributed by atoms with E-state index >= 15 is 0 Å². The molecule has 1 aromatic carbocycles. The molecule has 2 unspecified atom stereocenters. The predicted octanol–water partition coefficient (Wildman–Crippen LogP) is 2.69. The zero-order valence-corrected chi connectivity index (χ0v) is 13.9. The molecule has 0 aliphatic rings. The highest BCUT2D eigenvalue weighted by atomic mass is 16.5. The fourth-order valence-corrected chi connectivity index (χ4v) is 2.09. The Hall–Kier alpha value is -2.27. The largest absolute Gasteiger partial charge is 0.481 e. The van der Waals surface area contributed by atoms with Crippen molar-refractivity contribution in [2.24, 2.45) is 0 Å². The Kier molecular flexibility index (Phi) is 5.11. The van der Waals surface area contributed by atoms with Gasteiger partial charge in [0.2, 0.25) is 0 Å². The molecule has 5 nitrogen and oxygen atoms in total. The minimum Gasteiger partial charge on any atom is -0.481 e. The van der Waals surface area contributed by atoms with Crippen molar-refractivity contribution in [1.29, 1.82) is 0 Å². The van der Waals surface area contributed by atoms with Crippen LogP contribution in [-0.4, -0.2) is 23.7 Å². The molecule has 2 aromatic rings. The van der Waals surface area contributed by atoms with Crippen molar-refractivity contribution in [3.63, 3.8) is 0 Å². The quantitative estimate of drug-likeness (QED) is 0.859. The summed E-state index contributed by atoms with van der Waals surface area (Å²) in [5.74, 6) is 1.46. The fourth-order valence-electron chi connectivity index (χ4n) is 2.09. The van der Waals surface area contributed by atoms with Gasteiger partial charge in [-0.05, 0) is 52.0 Å². The number of carbonyl (C=O) groups excluding carboxylic acids is 1. The Bertz CT molecular complexity index is 658. The topological polar surface area (TPSA) is 71.7 Å². The van der Waals surface area contributed by atoms with Crippen molar-refractivity contribution in [1.82, 2.24) is 5.32 Å². The van der Waals surface area contributed by atoms with Gasteiger partial charge in [0, 0.05) is 0 Å². The Morgan fingerprint density at radius 3 is 2.48 bits per heavy atom. The third-order valence-corrected chi connectivity index (χ3v) is 3.58. The van der Waals surface area contributed by atoms with E-state index in [4.69, 9.17) is 9.15 Å². The van der Waals surface area contributed by atoms with Crippen molar-refractivity contribution >= 4 is 5.91 Å². The highest BCUT2D eigenvalue weighted by Crippen LogP contribution is 2.22. The first-order valence-electron chi connectivity index (χ1n) is 7.58. The van der Waals surface area contributed by atoms with E-state index in [1.54, 1.807) is 32.9 Å². The molecular weight excluding hydrogens is 294 g/mol. The molecule has 1 aromatic heterocycles. The van der Waals surface area contributed by atoms with E-state index in [1.165, 1.54) is 0 Å². The zero-order chi connectivity index (χ0) is 17.0. The molecule has 124 valence electrons. The standard InChI is InChI=1S/C18H23NO4/c1-12-5-8-15(9-6-12)23-14(3)17(20)19-11-18(4,21)16-10-7-13(2)22-16/h5-10,14,21H,11H2,1-4H3,(H,19,20). The van der Waals surface area contributed by atoms with Crippen LogP contribution in [0.15, 0.2) is 40.8 Å². The molecule has 0 bridgehead atoms.